The minimum absolute atomic E-state index is 0.115. The average molecular weight is 505 g/mol. The predicted molar refractivity (Wildman–Crippen MR) is 130 cm³/mol. The van der Waals surface area contributed by atoms with Gasteiger partial charge in [-0.3, -0.25) is 14.9 Å². The fraction of sp³-hybridized carbons (Fsp3) is 0.115. The summed E-state index contributed by atoms with van der Waals surface area (Å²) in [6.45, 7) is 2.42. The Balaban J connectivity index is 1.51. The van der Waals surface area contributed by atoms with E-state index in [0.29, 0.717) is 23.6 Å². The van der Waals surface area contributed by atoms with Crippen molar-refractivity contribution in [2.75, 3.05) is 4.90 Å². The highest BCUT2D eigenvalue weighted by Crippen LogP contribution is 2.24. The highest BCUT2D eigenvalue weighted by atomic mass is 79.9. The standard InChI is InChI=1S/C26H21BrN2O4/c1-2-17-7-11-20(12-8-17)29-25(31)22(24(30)28-26(29)32)15-18-9-13-21(14-10-18)33-16-19-5-3-4-6-23(19)27/h3-15H,2,16H2,1H3,(H,28,30,32)/b22-15+. The van der Waals surface area contributed by atoms with Gasteiger partial charge in [0.15, 0.2) is 0 Å². The van der Waals surface area contributed by atoms with Gasteiger partial charge in [-0.2, -0.15) is 0 Å². The third-order valence-corrected chi connectivity index (χ3v) is 6.02. The van der Waals surface area contributed by atoms with Gasteiger partial charge in [-0.05, 0) is 54.0 Å². The van der Waals surface area contributed by atoms with Crippen LogP contribution in [-0.2, 0) is 22.6 Å². The number of anilines is 1. The van der Waals surface area contributed by atoms with E-state index in [4.69, 9.17) is 4.74 Å². The molecule has 4 amide bonds. The van der Waals surface area contributed by atoms with Gasteiger partial charge in [-0.1, -0.05) is 65.3 Å². The van der Waals surface area contributed by atoms with Crippen LogP contribution in [0.3, 0.4) is 0 Å². The van der Waals surface area contributed by atoms with Gasteiger partial charge in [0.2, 0.25) is 0 Å². The van der Waals surface area contributed by atoms with Crippen LogP contribution in [-0.4, -0.2) is 17.8 Å². The lowest BCUT2D eigenvalue weighted by atomic mass is 10.1. The SMILES string of the molecule is CCc1ccc(N2C(=O)NC(=O)/C(=C\c3ccc(OCc4ccccc4Br)cc3)C2=O)cc1. The number of barbiturate groups is 1. The molecule has 6 nitrogen and oxygen atoms in total. The molecule has 1 saturated heterocycles. The number of aryl methyl sites for hydroxylation is 1. The van der Waals surface area contributed by atoms with Gasteiger partial charge in [-0.15, -0.1) is 0 Å². The zero-order chi connectivity index (χ0) is 23.4. The smallest absolute Gasteiger partial charge is 0.335 e. The third kappa shape index (κ3) is 5.04. The predicted octanol–water partition coefficient (Wildman–Crippen LogP) is 5.26. The molecule has 1 aliphatic heterocycles. The molecule has 166 valence electrons. The van der Waals surface area contributed by atoms with Crippen molar-refractivity contribution in [2.24, 2.45) is 0 Å². The van der Waals surface area contributed by atoms with Crippen LogP contribution in [0.1, 0.15) is 23.6 Å². The first-order valence-electron chi connectivity index (χ1n) is 10.4. The number of amides is 4. The van der Waals surface area contributed by atoms with Crippen molar-refractivity contribution in [1.29, 1.82) is 0 Å². The van der Waals surface area contributed by atoms with Crippen molar-refractivity contribution in [3.63, 3.8) is 0 Å². The molecule has 33 heavy (non-hydrogen) atoms. The summed E-state index contributed by atoms with van der Waals surface area (Å²) in [5, 5.41) is 2.24. The van der Waals surface area contributed by atoms with E-state index in [-0.39, 0.29) is 5.57 Å². The minimum atomic E-state index is -0.762. The largest absolute Gasteiger partial charge is 0.489 e. The van der Waals surface area contributed by atoms with E-state index in [1.54, 1.807) is 36.4 Å². The molecule has 0 aliphatic carbocycles. The van der Waals surface area contributed by atoms with Crippen molar-refractivity contribution < 1.29 is 19.1 Å². The Kier molecular flexibility index (Phi) is 6.70. The zero-order valence-electron chi connectivity index (χ0n) is 17.9. The fourth-order valence-electron chi connectivity index (χ4n) is 3.38. The minimum Gasteiger partial charge on any atom is -0.489 e. The summed E-state index contributed by atoms with van der Waals surface area (Å²) in [5.74, 6) is -0.733. The highest BCUT2D eigenvalue weighted by molar-refractivity contribution is 9.10. The number of ether oxygens (including phenoxy) is 1. The number of carbonyl (C=O) groups excluding carboxylic acids is 3. The first-order chi connectivity index (χ1) is 16.0. The molecule has 0 unspecified atom stereocenters. The molecule has 1 fully saturated rings. The number of imide groups is 2. The molecule has 1 heterocycles. The lowest BCUT2D eigenvalue weighted by Gasteiger charge is -2.26. The van der Waals surface area contributed by atoms with E-state index in [1.165, 1.54) is 6.08 Å². The third-order valence-electron chi connectivity index (χ3n) is 5.25. The molecule has 0 aromatic heterocycles. The van der Waals surface area contributed by atoms with Gasteiger partial charge in [-0.25, -0.2) is 9.69 Å². The van der Waals surface area contributed by atoms with E-state index in [0.717, 1.165) is 26.9 Å². The number of hydrogen-bond acceptors (Lipinski definition) is 4. The summed E-state index contributed by atoms with van der Waals surface area (Å²) in [6, 6.07) is 21.2. The second-order valence-corrected chi connectivity index (χ2v) is 8.28. The first-order valence-corrected chi connectivity index (χ1v) is 11.2. The molecule has 0 atom stereocenters. The quantitative estimate of drug-likeness (QED) is 0.367. The van der Waals surface area contributed by atoms with Gasteiger partial charge in [0, 0.05) is 10.0 Å². The summed E-state index contributed by atoms with van der Waals surface area (Å²) in [7, 11) is 0. The first kappa shape index (κ1) is 22.5. The second kappa shape index (κ2) is 9.83. The second-order valence-electron chi connectivity index (χ2n) is 7.43. The molecule has 4 rings (SSSR count). The summed E-state index contributed by atoms with van der Waals surface area (Å²) in [4.78, 5) is 38.7. The Bertz CT molecular complexity index is 1230. The Morgan fingerprint density at radius 1 is 0.939 bits per heavy atom. The molecule has 0 spiro atoms. The lowest BCUT2D eigenvalue weighted by molar-refractivity contribution is -0.122. The number of rotatable bonds is 6. The fourth-order valence-corrected chi connectivity index (χ4v) is 3.78. The number of halogens is 1. The summed E-state index contributed by atoms with van der Waals surface area (Å²) < 4.78 is 6.79. The number of carbonyl (C=O) groups is 3. The summed E-state index contributed by atoms with van der Waals surface area (Å²) >= 11 is 3.50. The number of nitrogens with zero attached hydrogens (tertiary/aromatic N) is 1. The average Bonchev–Trinajstić information content (AvgIpc) is 2.82. The molecule has 0 bridgehead atoms. The van der Waals surface area contributed by atoms with Crippen molar-refractivity contribution in [3.05, 3.63) is 99.5 Å². The molecule has 7 heteroatoms. The molecule has 0 radical (unpaired) electrons. The number of nitrogens with one attached hydrogen (secondary N) is 1. The van der Waals surface area contributed by atoms with Crippen LogP contribution >= 0.6 is 15.9 Å². The van der Waals surface area contributed by atoms with Crippen LogP contribution in [0.4, 0.5) is 10.5 Å². The van der Waals surface area contributed by atoms with Gasteiger partial charge < -0.3 is 4.74 Å². The molecule has 0 saturated carbocycles. The monoisotopic (exact) mass is 504 g/mol. The maximum Gasteiger partial charge on any atom is 0.335 e. The van der Waals surface area contributed by atoms with E-state index < -0.39 is 17.8 Å². The van der Waals surface area contributed by atoms with Crippen molar-refractivity contribution in [1.82, 2.24) is 5.32 Å². The molecule has 3 aromatic rings. The van der Waals surface area contributed by atoms with Gasteiger partial charge in [0.05, 0.1) is 5.69 Å². The van der Waals surface area contributed by atoms with Crippen molar-refractivity contribution >= 4 is 45.5 Å². The van der Waals surface area contributed by atoms with E-state index >= 15 is 0 Å². The molecule has 1 aliphatic rings. The van der Waals surface area contributed by atoms with Crippen molar-refractivity contribution in [2.45, 2.75) is 20.0 Å². The van der Waals surface area contributed by atoms with E-state index in [9.17, 15) is 14.4 Å². The van der Waals surface area contributed by atoms with Crippen LogP contribution in [0.2, 0.25) is 0 Å². The Labute approximate surface area is 200 Å². The molecular weight excluding hydrogens is 484 g/mol. The summed E-state index contributed by atoms with van der Waals surface area (Å²) in [5.41, 5.74) is 3.03. The van der Waals surface area contributed by atoms with E-state index in [2.05, 4.69) is 21.2 Å². The van der Waals surface area contributed by atoms with Gasteiger partial charge >= 0.3 is 6.03 Å². The number of benzene rings is 3. The van der Waals surface area contributed by atoms with Gasteiger partial charge in [0.1, 0.15) is 17.9 Å². The molecular formula is C26H21BrN2O4. The highest BCUT2D eigenvalue weighted by Gasteiger charge is 2.36. The molecule has 1 N–H and O–H groups in total. The number of urea groups is 1. The van der Waals surface area contributed by atoms with Crippen LogP contribution in [0.5, 0.6) is 5.75 Å². The lowest BCUT2D eigenvalue weighted by Crippen LogP contribution is -2.54. The maximum absolute atomic E-state index is 13.0. The normalized spacial score (nSPS) is 15.0. The Hall–Kier alpha value is -3.71. The molecule has 3 aromatic carbocycles. The van der Waals surface area contributed by atoms with E-state index in [1.807, 2.05) is 43.3 Å². The van der Waals surface area contributed by atoms with Crippen LogP contribution in [0, 0.1) is 0 Å². The topological polar surface area (TPSA) is 75.7 Å². The van der Waals surface area contributed by atoms with Crippen LogP contribution in [0.15, 0.2) is 82.8 Å². The Morgan fingerprint density at radius 3 is 2.30 bits per heavy atom. The van der Waals surface area contributed by atoms with Crippen LogP contribution < -0.4 is 15.0 Å². The number of hydrogen-bond donors (Lipinski definition) is 1. The van der Waals surface area contributed by atoms with Crippen LogP contribution in [0.25, 0.3) is 6.08 Å². The zero-order valence-corrected chi connectivity index (χ0v) is 19.5. The summed E-state index contributed by atoms with van der Waals surface area (Å²) in [6.07, 6.45) is 2.31. The maximum atomic E-state index is 13.0. The van der Waals surface area contributed by atoms with Gasteiger partial charge in [0.25, 0.3) is 11.8 Å². The van der Waals surface area contributed by atoms with Crippen molar-refractivity contribution in [3.8, 4) is 5.75 Å². The Morgan fingerprint density at radius 2 is 1.64 bits per heavy atom.